The number of aliphatic carboxylic acids is 1. The van der Waals surface area contributed by atoms with Crippen molar-refractivity contribution in [1.29, 1.82) is 0 Å². The summed E-state index contributed by atoms with van der Waals surface area (Å²) in [4.78, 5) is 37.7. The van der Waals surface area contributed by atoms with Crippen LogP contribution in [-0.4, -0.2) is 60.6 Å². The van der Waals surface area contributed by atoms with Gasteiger partial charge in [-0.15, -0.1) is 11.8 Å². The number of amides is 2. The SMILES string of the molecule is CNC(=O)CSC1=C(C(=O)O)N2C(=O)[C@@H]([C@](C)(O[SiH](C)C)C(C)(C)C)[C@H]2S1. The lowest BCUT2D eigenvalue weighted by molar-refractivity contribution is -0.173. The zero-order chi connectivity index (χ0) is 20.7. The molecule has 2 aliphatic rings. The van der Waals surface area contributed by atoms with Gasteiger partial charge in [-0.05, 0) is 25.4 Å². The van der Waals surface area contributed by atoms with Crippen LogP contribution in [0.1, 0.15) is 27.7 Å². The molecule has 0 radical (unpaired) electrons. The topological polar surface area (TPSA) is 95.9 Å². The number of carbonyl (C=O) groups is 3. The molecule has 1 fully saturated rings. The molecule has 2 aliphatic heterocycles. The standard InChI is InChI=1S/C17H28N2O5S2Si/c1-16(2,3)17(4,24-27(6)7)10-12(21)19-11(14(22)23)15(26-13(10)19)25-8-9(20)18-5/h10,13,27H,8H2,1-7H3,(H,18,20)(H,22,23)/t10-,13-,17+/m1/s1. The van der Waals surface area contributed by atoms with Gasteiger partial charge in [0.1, 0.15) is 5.37 Å². The Labute approximate surface area is 170 Å². The van der Waals surface area contributed by atoms with Gasteiger partial charge in [0.15, 0.2) is 14.7 Å². The molecular weight excluding hydrogens is 404 g/mol. The molecule has 0 unspecified atom stereocenters. The molecule has 2 amide bonds. The average Bonchev–Trinajstić information content (AvgIpc) is 2.85. The minimum absolute atomic E-state index is 0.0156. The first-order valence-corrected chi connectivity index (χ1v) is 13.5. The average molecular weight is 433 g/mol. The third kappa shape index (κ3) is 3.94. The van der Waals surface area contributed by atoms with E-state index in [0.717, 1.165) is 11.8 Å². The van der Waals surface area contributed by atoms with Crippen molar-refractivity contribution in [3.8, 4) is 0 Å². The fourth-order valence-electron chi connectivity index (χ4n) is 3.30. The number of rotatable bonds is 7. The molecule has 7 nitrogen and oxygen atoms in total. The van der Waals surface area contributed by atoms with Gasteiger partial charge in [0, 0.05) is 7.05 Å². The first kappa shape index (κ1) is 22.3. The summed E-state index contributed by atoms with van der Waals surface area (Å²) in [6, 6.07) is 0. The molecule has 1 saturated heterocycles. The van der Waals surface area contributed by atoms with E-state index < -0.39 is 26.5 Å². The van der Waals surface area contributed by atoms with E-state index in [0.29, 0.717) is 4.24 Å². The largest absolute Gasteiger partial charge is 0.477 e. The Morgan fingerprint density at radius 3 is 2.37 bits per heavy atom. The van der Waals surface area contributed by atoms with Crippen LogP contribution < -0.4 is 5.32 Å². The number of β-lactam (4-membered cyclic amide) rings is 1. The Morgan fingerprint density at radius 1 is 1.33 bits per heavy atom. The molecule has 2 heterocycles. The fraction of sp³-hybridized carbons (Fsp3) is 0.706. The number of carboxylic acids is 1. The molecule has 10 heteroatoms. The molecule has 0 bridgehead atoms. The molecule has 2 rings (SSSR count). The van der Waals surface area contributed by atoms with Crippen LogP contribution >= 0.6 is 23.5 Å². The second kappa shape index (κ2) is 7.80. The second-order valence-corrected chi connectivity index (χ2v) is 12.8. The molecule has 0 aromatic carbocycles. The zero-order valence-corrected chi connectivity index (χ0v) is 19.6. The second-order valence-electron chi connectivity index (χ2n) is 8.12. The third-order valence-electron chi connectivity index (χ3n) is 5.08. The normalized spacial score (nSPS) is 24.6. The van der Waals surface area contributed by atoms with Gasteiger partial charge in [0.05, 0.1) is 21.5 Å². The molecule has 0 aromatic rings. The predicted octanol–water partition coefficient (Wildman–Crippen LogP) is 2.06. The van der Waals surface area contributed by atoms with E-state index >= 15 is 0 Å². The van der Waals surface area contributed by atoms with Gasteiger partial charge >= 0.3 is 5.97 Å². The minimum Gasteiger partial charge on any atom is -0.477 e. The first-order chi connectivity index (χ1) is 12.3. The lowest BCUT2D eigenvalue weighted by atomic mass is 9.66. The highest BCUT2D eigenvalue weighted by atomic mass is 32.2. The number of nitrogens with zero attached hydrogens (tertiary/aromatic N) is 1. The van der Waals surface area contributed by atoms with Crippen LogP contribution in [0.3, 0.4) is 0 Å². The number of fused-ring (bicyclic) bond motifs is 1. The van der Waals surface area contributed by atoms with E-state index in [1.165, 1.54) is 23.7 Å². The van der Waals surface area contributed by atoms with Crippen LogP contribution in [0.4, 0.5) is 0 Å². The highest BCUT2D eigenvalue weighted by molar-refractivity contribution is 8.23. The van der Waals surface area contributed by atoms with Crippen LogP contribution in [0.15, 0.2) is 9.93 Å². The van der Waals surface area contributed by atoms with Crippen molar-refractivity contribution >= 4 is 50.3 Å². The number of thioether (sulfide) groups is 2. The maximum atomic E-state index is 13.0. The maximum absolute atomic E-state index is 13.0. The molecule has 2 N–H and O–H groups in total. The van der Waals surface area contributed by atoms with Crippen molar-refractivity contribution in [3.63, 3.8) is 0 Å². The van der Waals surface area contributed by atoms with Crippen LogP contribution in [0.2, 0.25) is 13.1 Å². The van der Waals surface area contributed by atoms with Gasteiger partial charge in [-0.3, -0.25) is 14.5 Å². The smallest absolute Gasteiger partial charge is 0.354 e. The minimum atomic E-state index is -1.45. The van der Waals surface area contributed by atoms with Crippen LogP contribution in [0.25, 0.3) is 0 Å². The van der Waals surface area contributed by atoms with Crippen molar-refractivity contribution in [1.82, 2.24) is 10.2 Å². The Balaban J connectivity index is 2.33. The summed E-state index contributed by atoms with van der Waals surface area (Å²) in [7, 11) is 0.0861. The summed E-state index contributed by atoms with van der Waals surface area (Å²) < 4.78 is 6.88. The number of hydrogen-bond donors (Lipinski definition) is 2. The molecule has 0 saturated carbocycles. The van der Waals surface area contributed by atoms with E-state index in [2.05, 4.69) is 18.4 Å². The monoisotopic (exact) mass is 432 g/mol. The summed E-state index contributed by atoms with van der Waals surface area (Å²) in [5.41, 5.74) is -1.000. The zero-order valence-electron chi connectivity index (χ0n) is 16.8. The van der Waals surface area contributed by atoms with E-state index in [4.69, 9.17) is 4.43 Å². The third-order valence-corrected chi connectivity index (χ3v) is 8.68. The summed E-state index contributed by atoms with van der Waals surface area (Å²) in [6.07, 6.45) is 0. The summed E-state index contributed by atoms with van der Waals surface area (Å²) in [6.45, 7) is 12.2. The molecule has 152 valence electrons. The van der Waals surface area contributed by atoms with Crippen LogP contribution in [0, 0.1) is 11.3 Å². The van der Waals surface area contributed by atoms with Crippen LogP contribution in [0.5, 0.6) is 0 Å². The molecule has 0 spiro atoms. The predicted molar refractivity (Wildman–Crippen MR) is 111 cm³/mol. The molecule has 0 aromatic heterocycles. The fourth-order valence-corrected chi connectivity index (χ4v) is 7.59. The van der Waals surface area contributed by atoms with Gasteiger partial charge < -0.3 is 14.8 Å². The maximum Gasteiger partial charge on any atom is 0.354 e. The quantitative estimate of drug-likeness (QED) is 0.469. The Morgan fingerprint density at radius 2 is 1.93 bits per heavy atom. The highest BCUT2D eigenvalue weighted by Gasteiger charge is 2.65. The number of carbonyl (C=O) groups excluding carboxylic acids is 2. The van der Waals surface area contributed by atoms with Crippen molar-refractivity contribution in [2.75, 3.05) is 12.8 Å². The summed E-state index contributed by atoms with van der Waals surface area (Å²) in [5.74, 6) is -1.87. The van der Waals surface area contributed by atoms with Gasteiger partial charge in [-0.1, -0.05) is 32.5 Å². The van der Waals surface area contributed by atoms with Crippen LogP contribution in [-0.2, 0) is 18.8 Å². The van der Waals surface area contributed by atoms with Gasteiger partial charge in [0.2, 0.25) is 11.8 Å². The summed E-state index contributed by atoms with van der Waals surface area (Å²) >= 11 is 2.51. The molecular formula is C17H28N2O5S2Si. The van der Waals surface area contributed by atoms with Gasteiger partial charge in [-0.25, -0.2) is 4.79 Å². The van der Waals surface area contributed by atoms with E-state index in [1.54, 1.807) is 0 Å². The van der Waals surface area contributed by atoms with Crippen molar-refractivity contribution in [2.45, 2.75) is 51.8 Å². The molecule has 27 heavy (non-hydrogen) atoms. The van der Waals surface area contributed by atoms with Crippen molar-refractivity contribution < 1.29 is 23.9 Å². The first-order valence-electron chi connectivity index (χ1n) is 8.83. The Kier molecular flexibility index (Phi) is 6.45. The van der Waals surface area contributed by atoms with E-state index in [-0.39, 0.29) is 34.1 Å². The molecule has 0 aliphatic carbocycles. The lowest BCUT2D eigenvalue weighted by Gasteiger charge is -2.56. The van der Waals surface area contributed by atoms with Gasteiger partial charge in [-0.2, -0.15) is 0 Å². The van der Waals surface area contributed by atoms with Crippen molar-refractivity contribution in [3.05, 3.63) is 9.93 Å². The summed E-state index contributed by atoms with van der Waals surface area (Å²) in [5, 5.41) is 11.8. The van der Waals surface area contributed by atoms with E-state index in [1.807, 2.05) is 27.7 Å². The Bertz CT molecular complexity index is 691. The highest BCUT2D eigenvalue weighted by Crippen LogP contribution is 2.58. The Hall–Kier alpha value is -0.973. The number of hydrogen-bond acceptors (Lipinski definition) is 6. The van der Waals surface area contributed by atoms with E-state index in [9.17, 15) is 19.5 Å². The van der Waals surface area contributed by atoms with Crippen molar-refractivity contribution in [2.24, 2.45) is 11.3 Å². The number of carboxylic acid groups (broad SMARTS) is 1. The molecule has 3 atom stereocenters. The lowest BCUT2D eigenvalue weighted by Crippen LogP contribution is -2.69. The number of nitrogens with one attached hydrogen (secondary N) is 1. The van der Waals surface area contributed by atoms with Gasteiger partial charge in [0.25, 0.3) is 0 Å².